The van der Waals surface area contributed by atoms with E-state index in [-0.39, 0.29) is 36.2 Å². The fourth-order valence-electron chi connectivity index (χ4n) is 4.27. The molecule has 1 aromatic carbocycles. The van der Waals surface area contributed by atoms with Gasteiger partial charge in [0.2, 0.25) is 5.91 Å². The van der Waals surface area contributed by atoms with Crippen LogP contribution < -0.4 is 5.32 Å². The molecule has 0 radical (unpaired) electrons. The van der Waals surface area contributed by atoms with E-state index >= 15 is 0 Å². The third-order valence-corrected chi connectivity index (χ3v) is 5.80. The minimum Gasteiger partial charge on any atom is -0.379 e. The monoisotopic (exact) mass is 404 g/mol. The first-order valence-corrected chi connectivity index (χ1v) is 9.84. The molecule has 2 aromatic rings. The Morgan fingerprint density at radius 3 is 2.82 bits per heavy atom. The van der Waals surface area contributed by atoms with Crippen molar-refractivity contribution < 1.29 is 9.53 Å². The number of aromatic nitrogens is 2. The highest BCUT2D eigenvalue weighted by molar-refractivity contribution is 5.85. The maximum Gasteiger partial charge on any atom is 0.227 e. The average Bonchev–Trinajstić information content (AvgIpc) is 3.44. The lowest BCUT2D eigenvalue weighted by Gasteiger charge is -2.32. The van der Waals surface area contributed by atoms with Gasteiger partial charge in [-0.2, -0.15) is 5.10 Å². The molecule has 4 rings (SSSR count). The summed E-state index contributed by atoms with van der Waals surface area (Å²) in [6.45, 7) is 3.70. The minimum absolute atomic E-state index is 0. The third-order valence-electron chi connectivity index (χ3n) is 5.80. The number of hydrogen-bond acceptors (Lipinski definition) is 4. The van der Waals surface area contributed by atoms with Gasteiger partial charge in [0, 0.05) is 45.4 Å². The number of carbonyl (C=O) groups is 1. The van der Waals surface area contributed by atoms with Crippen LogP contribution in [-0.4, -0.2) is 59.5 Å². The predicted molar refractivity (Wildman–Crippen MR) is 111 cm³/mol. The molecular formula is C21H29ClN4O2. The summed E-state index contributed by atoms with van der Waals surface area (Å²) in [7, 11) is 1.92. The zero-order valence-corrected chi connectivity index (χ0v) is 17.1. The summed E-state index contributed by atoms with van der Waals surface area (Å²) in [6.07, 6.45) is 5.73. The second-order valence-corrected chi connectivity index (χ2v) is 7.60. The number of carbonyl (C=O) groups excluding carboxylic acids is 1. The van der Waals surface area contributed by atoms with Gasteiger partial charge in [0.25, 0.3) is 0 Å². The topological polar surface area (TPSA) is 59.4 Å². The Labute approximate surface area is 172 Å². The van der Waals surface area contributed by atoms with Crippen molar-refractivity contribution in [2.45, 2.75) is 24.8 Å². The molecule has 2 aliphatic rings. The van der Waals surface area contributed by atoms with Crippen LogP contribution in [-0.2, 0) is 23.0 Å². The maximum atomic E-state index is 13.5. The van der Waals surface area contributed by atoms with E-state index in [2.05, 4.69) is 39.6 Å². The molecule has 6 nitrogen and oxygen atoms in total. The second kappa shape index (κ2) is 9.54. The van der Waals surface area contributed by atoms with Crippen LogP contribution in [0.2, 0.25) is 0 Å². The highest BCUT2D eigenvalue weighted by Crippen LogP contribution is 2.30. The van der Waals surface area contributed by atoms with Crippen molar-refractivity contribution in [1.82, 2.24) is 20.0 Å². The summed E-state index contributed by atoms with van der Waals surface area (Å²) < 4.78 is 7.41. The van der Waals surface area contributed by atoms with Crippen molar-refractivity contribution in [2.75, 3.05) is 32.8 Å². The van der Waals surface area contributed by atoms with Crippen molar-refractivity contribution in [2.24, 2.45) is 13.0 Å². The van der Waals surface area contributed by atoms with E-state index < -0.39 is 0 Å². The highest BCUT2D eigenvalue weighted by Gasteiger charge is 2.39. The molecule has 0 aliphatic carbocycles. The largest absolute Gasteiger partial charge is 0.379 e. The quantitative estimate of drug-likeness (QED) is 0.800. The van der Waals surface area contributed by atoms with Gasteiger partial charge in [0.1, 0.15) is 0 Å². The van der Waals surface area contributed by atoms with Gasteiger partial charge in [-0.3, -0.25) is 9.48 Å². The lowest BCUT2D eigenvalue weighted by molar-refractivity contribution is -0.137. The van der Waals surface area contributed by atoms with E-state index in [1.807, 2.05) is 30.2 Å². The van der Waals surface area contributed by atoms with E-state index in [0.717, 1.165) is 44.6 Å². The zero-order chi connectivity index (χ0) is 18.6. The summed E-state index contributed by atoms with van der Waals surface area (Å²) in [5.41, 5.74) is 2.41. The Kier molecular flexibility index (Phi) is 7.10. The second-order valence-electron chi connectivity index (χ2n) is 7.60. The first-order valence-electron chi connectivity index (χ1n) is 9.84. The molecule has 1 N–H and O–H groups in total. The van der Waals surface area contributed by atoms with Crippen LogP contribution >= 0.6 is 12.4 Å². The number of nitrogens with zero attached hydrogens (tertiary/aromatic N) is 3. The van der Waals surface area contributed by atoms with Crippen LogP contribution in [0.25, 0.3) is 0 Å². The van der Waals surface area contributed by atoms with Gasteiger partial charge < -0.3 is 15.0 Å². The van der Waals surface area contributed by atoms with Crippen LogP contribution in [0.4, 0.5) is 0 Å². The molecule has 0 spiro atoms. The predicted octanol–water partition coefficient (Wildman–Crippen LogP) is 2.01. The SMILES string of the molecule is Cl.Cn1cc([C@H]2CNC[C@@H]2C(=O)N(CCc2ccccc2)C2CCOC2)cn1. The third kappa shape index (κ3) is 4.57. The molecule has 152 valence electrons. The highest BCUT2D eigenvalue weighted by atomic mass is 35.5. The minimum atomic E-state index is -0.0365. The van der Waals surface area contributed by atoms with Crippen LogP contribution in [0.1, 0.15) is 23.5 Å². The van der Waals surface area contributed by atoms with E-state index in [4.69, 9.17) is 4.74 Å². The standard InChI is InChI=1S/C21H28N4O2.ClH/c1-24-14-17(11-23-24)19-12-22-13-20(19)21(26)25(18-8-10-27-15-18)9-7-16-5-3-2-4-6-16;/h2-6,11,14,18-20,22H,7-10,12-13,15H2,1H3;1H/t18?,19-,20+;/m1./s1. The van der Waals surface area contributed by atoms with Gasteiger partial charge in [-0.1, -0.05) is 30.3 Å². The molecule has 7 heteroatoms. The van der Waals surface area contributed by atoms with Crippen molar-refractivity contribution in [3.63, 3.8) is 0 Å². The molecule has 0 saturated carbocycles. The zero-order valence-electron chi connectivity index (χ0n) is 16.3. The van der Waals surface area contributed by atoms with Crippen molar-refractivity contribution in [3.05, 3.63) is 53.9 Å². The molecule has 2 fully saturated rings. The van der Waals surface area contributed by atoms with Gasteiger partial charge in [0.05, 0.1) is 24.8 Å². The molecule has 1 aromatic heterocycles. The van der Waals surface area contributed by atoms with Crippen molar-refractivity contribution in [1.29, 1.82) is 0 Å². The van der Waals surface area contributed by atoms with Crippen molar-refractivity contribution in [3.8, 4) is 0 Å². The maximum absolute atomic E-state index is 13.5. The van der Waals surface area contributed by atoms with Gasteiger partial charge >= 0.3 is 0 Å². The molecule has 2 saturated heterocycles. The normalized spacial score (nSPS) is 24.1. The summed E-state index contributed by atoms with van der Waals surface area (Å²) >= 11 is 0. The van der Waals surface area contributed by atoms with Gasteiger partial charge in [-0.05, 0) is 24.0 Å². The molecule has 0 bridgehead atoms. The summed E-state index contributed by atoms with van der Waals surface area (Å²) in [4.78, 5) is 15.6. The number of rotatable bonds is 6. The number of aryl methyl sites for hydroxylation is 1. The molecule has 3 atom stereocenters. The Morgan fingerprint density at radius 2 is 2.14 bits per heavy atom. The molecule has 1 amide bonds. The lowest BCUT2D eigenvalue weighted by atomic mass is 9.89. The van der Waals surface area contributed by atoms with Gasteiger partial charge in [-0.15, -0.1) is 12.4 Å². The Bertz CT molecular complexity index is 761. The fourth-order valence-corrected chi connectivity index (χ4v) is 4.27. The molecular weight excluding hydrogens is 376 g/mol. The van der Waals surface area contributed by atoms with E-state index in [1.165, 1.54) is 5.56 Å². The number of benzene rings is 1. The smallest absolute Gasteiger partial charge is 0.227 e. The van der Waals surface area contributed by atoms with Gasteiger partial charge in [0.15, 0.2) is 0 Å². The first-order chi connectivity index (χ1) is 13.2. The number of halogens is 1. The Balaban J connectivity index is 0.00000225. The number of hydrogen-bond donors (Lipinski definition) is 1. The Hall–Kier alpha value is -1.89. The summed E-state index contributed by atoms with van der Waals surface area (Å²) in [5.74, 6) is 0.401. The van der Waals surface area contributed by atoms with Crippen LogP contribution in [0.3, 0.4) is 0 Å². The number of nitrogens with one attached hydrogen (secondary N) is 1. The summed E-state index contributed by atoms with van der Waals surface area (Å²) in [6, 6.07) is 10.6. The first kappa shape index (κ1) is 20.8. The van der Waals surface area contributed by atoms with Crippen LogP contribution in [0, 0.1) is 5.92 Å². The lowest BCUT2D eigenvalue weighted by Crippen LogP contribution is -2.46. The molecule has 28 heavy (non-hydrogen) atoms. The molecule has 1 unspecified atom stereocenters. The molecule has 3 heterocycles. The van der Waals surface area contributed by atoms with Crippen LogP contribution in [0.15, 0.2) is 42.7 Å². The molecule has 2 aliphatic heterocycles. The fraction of sp³-hybridized carbons (Fsp3) is 0.524. The van der Waals surface area contributed by atoms with E-state index in [1.54, 1.807) is 0 Å². The Morgan fingerprint density at radius 1 is 1.32 bits per heavy atom. The van der Waals surface area contributed by atoms with E-state index in [0.29, 0.717) is 6.61 Å². The van der Waals surface area contributed by atoms with E-state index in [9.17, 15) is 4.79 Å². The van der Waals surface area contributed by atoms with Crippen LogP contribution in [0.5, 0.6) is 0 Å². The number of amides is 1. The van der Waals surface area contributed by atoms with Gasteiger partial charge in [-0.25, -0.2) is 0 Å². The average molecular weight is 405 g/mol. The number of ether oxygens (including phenoxy) is 1. The van der Waals surface area contributed by atoms with Crippen molar-refractivity contribution >= 4 is 18.3 Å². The summed E-state index contributed by atoms with van der Waals surface area (Å²) in [5, 5.41) is 7.71.